The zero-order valence-electron chi connectivity index (χ0n) is 15.3. The predicted octanol–water partition coefficient (Wildman–Crippen LogP) is 5.69. The van der Waals surface area contributed by atoms with Gasteiger partial charge in [0.25, 0.3) is 0 Å². The van der Waals surface area contributed by atoms with Gasteiger partial charge in [-0.05, 0) is 47.4 Å². The average molecular weight is 394 g/mol. The van der Waals surface area contributed by atoms with Gasteiger partial charge in [-0.25, -0.2) is 18.2 Å². The number of nitrogens with two attached hydrogens (primary N) is 1. The Labute approximate surface area is 164 Å². The van der Waals surface area contributed by atoms with Crippen LogP contribution in [0.1, 0.15) is 30.2 Å². The topological polar surface area (TPSA) is 52.0 Å². The van der Waals surface area contributed by atoms with E-state index in [0.717, 1.165) is 27.9 Å². The Kier molecular flexibility index (Phi) is 4.17. The maximum Gasteiger partial charge on any atom is 0.222 e. The van der Waals surface area contributed by atoms with Gasteiger partial charge < -0.3 is 10.2 Å². The summed E-state index contributed by atoms with van der Waals surface area (Å²) in [7, 11) is 0. The van der Waals surface area contributed by atoms with Gasteiger partial charge in [-0.3, -0.25) is 0 Å². The molecule has 3 aromatic carbocycles. The van der Waals surface area contributed by atoms with Crippen molar-refractivity contribution in [3.05, 3.63) is 83.5 Å². The molecule has 6 heteroatoms. The number of hydrogen-bond donors (Lipinski definition) is 1. The van der Waals surface area contributed by atoms with E-state index in [1.807, 2.05) is 42.5 Å². The number of allylic oxidation sites excluding steroid dienone is 1. The highest BCUT2D eigenvalue weighted by atomic mass is 19.2. The van der Waals surface area contributed by atoms with Crippen molar-refractivity contribution in [1.29, 1.82) is 0 Å². The molecule has 1 aliphatic rings. The Morgan fingerprint density at radius 2 is 1.66 bits per heavy atom. The number of halogens is 3. The van der Waals surface area contributed by atoms with Gasteiger partial charge >= 0.3 is 0 Å². The molecule has 4 aromatic rings. The third-order valence-electron chi connectivity index (χ3n) is 5.56. The summed E-state index contributed by atoms with van der Waals surface area (Å²) in [5.41, 5.74) is 8.64. The van der Waals surface area contributed by atoms with Crippen LogP contribution >= 0.6 is 0 Å². The minimum absolute atomic E-state index is 0.0931. The SMILES string of the molecule is N[C@H]1CC(c2nc3cc4ccccc4cc3o2)=CC[C@@H]1c1cc(F)c(F)cc1F. The zero-order chi connectivity index (χ0) is 20.1. The van der Waals surface area contributed by atoms with Crippen LogP contribution < -0.4 is 5.73 Å². The summed E-state index contributed by atoms with van der Waals surface area (Å²) in [6.07, 6.45) is 2.67. The largest absolute Gasteiger partial charge is 0.436 e. The van der Waals surface area contributed by atoms with Gasteiger partial charge in [0.05, 0.1) is 0 Å². The van der Waals surface area contributed by atoms with Crippen molar-refractivity contribution in [1.82, 2.24) is 4.98 Å². The third-order valence-corrected chi connectivity index (χ3v) is 5.56. The number of hydrogen-bond acceptors (Lipinski definition) is 3. The predicted molar refractivity (Wildman–Crippen MR) is 106 cm³/mol. The van der Waals surface area contributed by atoms with Crippen LogP contribution in [-0.2, 0) is 0 Å². The Hall–Kier alpha value is -3.12. The van der Waals surface area contributed by atoms with Crippen molar-refractivity contribution in [3.63, 3.8) is 0 Å². The van der Waals surface area contributed by atoms with E-state index in [1.165, 1.54) is 0 Å². The molecular weight excluding hydrogens is 377 g/mol. The molecule has 0 spiro atoms. The van der Waals surface area contributed by atoms with E-state index < -0.39 is 29.4 Å². The van der Waals surface area contributed by atoms with Gasteiger partial charge in [0.2, 0.25) is 5.89 Å². The first-order valence-corrected chi connectivity index (χ1v) is 9.38. The second kappa shape index (κ2) is 6.74. The van der Waals surface area contributed by atoms with Crippen LogP contribution in [0.15, 0.2) is 59.0 Å². The molecule has 29 heavy (non-hydrogen) atoms. The van der Waals surface area contributed by atoms with Crippen molar-refractivity contribution >= 4 is 27.4 Å². The van der Waals surface area contributed by atoms with Crippen LogP contribution in [-0.4, -0.2) is 11.0 Å². The lowest BCUT2D eigenvalue weighted by Crippen LogP contribution is -2.31. The molecule has 2 N–H and O–H groups in total. The number of benzene rings is 3. The molecule has 0 amide bonds. The normalized spacial score (nSPS) is 19.7. The molecule has 0 aliphatic heterocycles. The first-order valence-electron chi connectivity index (χ1n) is 9.38. The van der Waals surface area contributed by atoms with Crippen molar-refractivity contribution in [2.75, 3.05) is 0 Å². The van der Waals surface area contributed by atoms with E-state index >= 15 is 0 Å². The lowest BCUT2D eigenvalue weighted by molar-refractivity contribution is 0.460. The van der Waals surface area contributed by atoms with Crippen molar-refractivity contribution < 1.29 is 17.6 Å². The second-order valence-corrected chi connectivity index (χ2v) is 7.41. The van der Waals surface area contributed by atoms with Crippen molar-refractivity contribution in [3.8, 4) is 0 Å². The fourth-order valence-electron chi connectivity index (χ4n) is 4.03. The Morgan fingerprint density at radius 1 is 0.931 bits per heavy atom. The third kappa shape index (κ3) is 3.09. The number of fused-ring (bicyclic) bond motifs is 2. The average Bonchev–Trinajstić information content (AvgIpc) is 3.12. The van der Waals surface area contributed by atoms with Crippen LogP contribution in [0.3, 0.4) is 0 Å². The van der Waals surface area contributed by atoms with Gasteiger partial charge in [0.1, 0.15) is 11.3 Å². The van der Waals surface area contributed by atoms with E-state index in [1.54, 1.807) is 0 Å². The molecule has 2 atom stereocenters. The van der Waals surface area contributed by atoms with Gasteiger partial charge in [-0.2, -0.15) is 0 Å². The number of nitrogens with zero attached hydrogens (tertiary/aromatic N) is 1. The quantitative estimate of drug-likeness (QED) is 0.445. The summed E-state index contributed by atoms with van der Waals surface area (Å²) < 4.78 is 46.9. The first kappa shape index (κ1) is 17.9. The summed E-state index contributed by atoms with van der Waals surface area (Å²) in [6.45, 7) is 0. The summed E-state index contributed by atoms with van der Waals surface area (Å²) in [4.78, 5) is 4.59. The fourth-order valence-corrected chi connectivity index (χ4v) is 4.03. The molecule has 0 fully saturated rings. The molecule has 5 rings (SSSR count). The molecule has 0 radical (unpaired) electrons. The Bertz CT molecular complexity index is 1230. The summed E-state index contributed by atoms with van der Waals surface area (Å²) in [6, 6.07) is 12.9. The second-order valence-electron chi connectivity index (χ2n) is 7.41. The smallest absolute Gasteiger partial charge is 0.222 e. The highest BCUT2D eigenvalue weighted by Gasteiger charge is 2.29. The fraction of sp³-hybridized carbons (Fsp3) is 0.174. The van der Waals surface area contributed by atoms with Crippen molar-refractivity contribution in [2.45, 2.75) is 24.8 Å². The van der Waals surface area contributed by atoms with E-state index in [4.69, 9.17) is 10.2 Å². The zero-order valence-corrected chi connectivity index (χ0v) is 15.3. The molecule has 1 heterocycles. The van der Waals surface area contributed by atoms with Crippen LogP contribution in [0.4, 0.5) is 13.2 Å². The van der Waals surface area contributed by atoms with Crippen molar-refractivity contribution in [2.24, 2.45) is 5.73 Å². The van der Waals surface area contributed by atoms with E-state index in [0.29, 0.717) is 30.4 Å². The first-order chi connectivity index (χ1) is 14.0. The van der Waals surface area contributed by atoms with Crippen LogP contribution in [0.2, 0.25) is 0 Å². The number of aromatic nitrogens is 1. The van der Waals surface area contributed by atoms with Gasteiger partial charge in [0, 0.05) is 23.6 Å². The maximum absolute atomic E-state index is 14.2. The highest BCUT2D eigenvalue weighted by molar-refractivity contribution is 5.94. The minimum Gasteiger partial charge on any atom is -0.436 e. The molecule has 146 valence electrons. The van der Waals surface area contributed by atoms with E-state index in [-0.39, 0.29) is 5.56 Å². The van der Waals surface area contributed by atoms with E-state index in [9.17, 15) is 13.2 Å². The maximum atomic E-state index is 14.2. The molecule has 0 saturated heterocycles. The molecule has 1 aliphatic carbocycles. The van der Waals surface area contributed by atoms with Gasteiger partial charge in [-0.1, -0.05) is 30.3 Å². The van der Waals surface area contributed by atoms with Crippen LogP contribution in [0, 0.1) is 17.5 Å². The Balaban J connectivity index is 1.49. The van der Waals surface area contributed by atoms with E-state index in [2.05, 4.69) is 4.98 Å². The summed E-state index contributed by atoms with van der Waals surface area (Å²) >= 11 is 0. The molecule has 0 unspecified atom stereocenters. The highest BCUT2D eigenvalue weighted by Crippen LogP contribution is 2.37. The summed E-state index contributed by atoms with van der Waals surface area (Å²) in [5, 5.41) is 2.13. The Morgan fingerprint density at radius 3 is 2.41 bits per heavy atom. The number of oxazole rings is 1. The molecule has 0 saturated carbocycles. The minimum atomic E-state index is -1.20. The summed E-state index contributed by atoms with van der Waals surface area (Å²) in [5.74, 6) is -3.02. The van der Waals surface area contributed by atoms with Crippen LogP contribution in [0.25, 0.3) is 27.4 Å². The molecule has 1 aromatic heterocycles. The van der Waals surface area contributed by atoms with Gasteiger partial charge in [0.15, 0.2) is 17.2 Å². The molecule has 0 bridgehead atoms. The molecular formula is C23H17F3N2O. The molecule has 3 nitrogen and oxygen atoms in total. The standard InChI is InChI=1S/C23H17F3N2O/c24-17-11-19(26)18(25)10-16(17)15-6-5-14(7-20(15)27)23-28-21-8-12-3-1-2-4-13(12)9-22(21)29-23/h1-5,8-11,15,20H,6-7,27H2/t15-,20+/m1/s1. The number of rotatable bonds is 2. The lowest BCUT2D eigenvalue weighted by Gasteiger charge is -2.28. The van der Waals surface area contributed by atoms with Crippen LogP contribution in [0.5, 0.6) is 0 Å². The van der Waals surface area contributed by atoms with Gasteiger partial charge in [-0.15, -0.1) is 0 Å². The lowest BCUT2D eigenvalue weighted by atomic mass is 9.80. The monoisotopic (exact) mass is 394 g/mol.